The molecule has 0 aliphatic carbocycles. The van der Waals surface area contributed by atoms with Gasteiger partial charge < -0.3 is 10.1 Å². The molecule has 8 nitrogen and oxygen atoms in total. The van der Waals surface area contributed by atoms with Gasteiger partial charge in [-0.3, -0.25) is 14.5 Å². The number of carboxylic acids is 1. The molecule has 0 aromatic carbocycles. The molecule has 0 spiro atoms. The fourth-order valence-electron chi connectivity index (χ4n) is 2.03. The number of amides is 1. The van der Waals surface area contributed by atoms with Crippen molar-refractivity contribution < 1.29 is 14.7 Å². The number of aliphatic carboxylic acids is 1. The van der Waals surface area contributed by atoms with Gasteiger partial charge >= 0.3 is 5.97 Å². The number of fused-ring (bicyclic) bond motifs is 1. The van der Waals surface area contributed by atoms with Gasteiger partial charge in [-0.25, -0.2) is 15.0 Å². The van der Waals surface area contributed by atoms with Crippen LogP contribution >= 0.6 is 0 Å². The third-order valence-electron chi connectivity index (χ3n) is 2.93. The predicted molar refractivity (Wildman–Crippen MR) is 59.8 cm³/mol. The number of aromatic nitrogens is 4. The highest BCUT2D eigenvalue weighted by atomic mass is 16.4. The van der Waals surface area contributed by atoms with Gasteiger partial charge in [0.2, 0.25) is 5.91 Å². The van der Waals surface area contributed by atoms with Crippen LogP contribution in [0.3, 0.4) is 0 Å². The molecular weight excluding hydrogens is 238 g/mol. The summed E-state index contributed by atoms with van der Waals surface area (Å²) in [6, 6.07) is 0. The molecular formula is C10H9N5O3. The molecule has 2 aromatic heterocycles. The summed E-state index contributed by atoms with van der Waals surface area (Å²) in [4.78, 5) is 38.9. The number of H-pyrrole nitrogens is 1. The van der Waals surface area contributed by atoms with Crippen LogP contribution in [0.4, 0.5) is 5.82 Å². The first kappa shape index (κ1) is 10.6. The second-order valence-electron chi connectivity index (χ2n) is 4.04. The topological polar surface area (TPSA) is 112 Å². The lowest BCUT2D eigenvalue weighted by Gasteiger charge is -2.14. The van der Waals surface area contributed by atoms with E-state index < -0.39 is 11.9 Å². The van der Waals surface area contributed by atoms with Gasteiger partial charge in [-0.15, -0.1) is 0 Å². The third-order valence-corrected chi connectivity index (χ3v) is 2.93. The first-order chi connectivity index (χ1) is 8.66. The van der Waals surface area contributed by atoms with Gasteiger partial charge in [0.05, 0.1) is 12.2 Å². The average Bonchev–Trinajstić information content (AvgIpc) is 2.94. The van der Waals surface area contributed by atoms with Gasteiger partial charge in [0.25, 0.3) is 0 Å². The van der Waals surface area contributed by atoms with Crippen molar-refractivity contribution in [2.75, 3.05) is 11.4 Å². The smallest absolute Gasteiger partial charge is 0.308 e. The highest BCUT2D eigenvalue weighted by Crippen LogP contribution is 2.27. The van der Waals surface area contributed by atoms with Crippen molar-refractivity contribution in [1.82, 2.24) is 19.9 Å². The predicted octanol–water partition coefficient (Wildman–Crippen LogP) is -0.210. The fraction of sp³-hybridized carbons (Fsp3) is 0.300. The van der Waals surface area contributed by atoms with E-state index in [-0.39, 0.29) is 18.9 Å². The molecule has 8 heteroatoms. The number of nitrogens with one attached hydrogen (secondary N) is 1. The van der Waals surface area contributed by atoms with Crippen molar-refractivity contribution >= 4 is 28.9 Å². The number of carbonyl (C=O) groups excluding carboxylic acids is 1. The monoisotopic (exact) mass is 247 g/mol. The number of carbonyl (C=O) groups is 2. The average molecular weight is 247 g/mol. The molecule has 1 aliphatic heterocycles. The lowest BCUT2D eigenvalue weighted by molar-refractivity contribution is -0.141. The van der Waals surface area contributed by atoms with Crippen molar-refractivity contribution in [2.24, 2.45) is 5.92 Å². The van der Waals surface area contributed by atoms with Crippen molar-refractivity contribution in [3.8, 4) is 0 Å². The first-order valence-electron chi connectivity index (χ1n) is 5.34. The maximum Gasteiger partial charge on any atom is 0.308 e. The lowest BCUT2D eigenvalue weighted by Crippen LogP contribution is -2.27. The van der Waals surface area contributed by atoms with Gasteiger partial charge in [0.15, 0.2) is 11.5 Å². The molecule has 1 amide bonds. The molecule has 3 heterocycles. The molecule has 1 saturated heterocycles. The summed E-state index contributed by atoms with van der Waals surface area (Å²) in [5.74, 6) is -1.53. The zero-order valence-corrected chi connectivity index (χ0v) is 9.20. The lowest BCUT2D eigenvalue weighted by atomic mass is 10.1. The summed E-state index contributed by atoms with van der Waals surface area (Å²) in [6.07, 6.45) is 2.76. The summed E-state index contributed by atoms with van der Waals surface area (Å²) >= 11 is 0. The second-order valence-corrected chi connectivity index (χ2v) is 4.04. The van der Waals surface area contributed by atoms with Crippen LogP contribution in [0.15, 0.2) is 12.7 Å². The van der Waals surface area contributed by atoms with E-state index in [9.17, 15) is 9.59 Å². The zero-order valence-electron chi connectivity index (χ0n) is 9.20. The van der Waals surface area contributed by atoms with Crippen molar-refractivity contribution in [3.63, 3.8) is 0 Å². The van der Waals surface area contributed by atoms with Gasteiger partial charge in [-0.1, -0.05) is 0 Å². The van der Waals surface area contributed by atoms with Crippen LogP contribution in [0, 0.1) is 5.92 Å². The van der Waals surface area contributed by atoms with Gasteiger partial charge in [0.1, 0.15) is 11.8 Å². The Morgan fingerprint density at radius 3 is 3.00 bits per heavy atom. The zero-order chi connectivity index (χ0) is 12.7. The SMILES string of the molecule is O=C(O)C1CC(=O)N(c2ncnc3nc[nH]c23)C1. The van der Waals surface area contributed by atoms with Crippen LogP contribution in [0.1, 0.15) is 6.42 Å². The molecule has 0 saturated carbocycles. The number of hydrogen-bond donors (Lipinski definition) is 2. The number of carboxylic acid groups (broad SMARTS) is 1. The standard InChI is InChI=1S/C10H9N5O3/c16-6-1-5(10(17)18)2-15(6)9-7-8(12-3-11-7)13-4-14-9/h3-5H,1-2H2,(H,17,18)(H,11,12,13,14). The van der Waals surface area contributed by atoms with E-state index in [2.05, 4.69) is 19.9 Å². The minimum atomic E-state index is -0.972. The van der Waals surface area contributed by atoms with E-state index in [1.165, 1.54) is 17.6 Å². The maximum atomic E-state index is 11.8. The van der Waals surface area contributed by atoms with Crippen LogP contribution in [-0.4, -0.2) is 43.5 Å². The molecule has 0 radical (unpaired) electrons. The van der Waals surface area contributed by atoms with Crippen LogP contribution in [-0.2, 0) is 9.59 Å². The molecule has 1 aliphatic rings. The number of anilines is 1. The normalized spacial score (nSPS) is 19.7. The van der Waals surface area contributed by atoms with Crippen molar-refractivity contribution in [1.29, 1.82) is 0 Å². The number of nitrogens with zero attached hydrogens (tertiary/aromatic N) is 4. The minimum Gasteiger partial charge on any atom is -0.481 e. The Labute approximate surface area is 101 Å². The Bertz CT molecular complexity index is 637. The molecule has 18 heavy (non-hydrogen) atoms. The molecule has 2 N–H and O–H groups in total. The highest BCUT2D eigenvalue weighted by Gasteiger charge is 2.36. The van der Waals surface area contributed by atoms with Crippen LogP contribution in [0.5, 0.6) is 0 Å². The van der Waals surface area contributed by atoms with Crippen molar-refractivity contribution in [3.05, 3.63) is 12.7 Å². The van der Waals surface area contributed by atoms with Crippen LogP contribution < -0.4 is 4.90 Å². The second kappa shape index (κ2) is 3.76. The summed E-state index contributed by atoms with van der Waals surface area (Å²) in [5.41, 5.74) is 0.989. The van der Waals surface area contributed by atoms with Crippen molar-refractivity contribution in [2.45, 2.75) is 6.42 Å². The Balaban J connectivity index is 2.03. The Morgan fingerprint density at radius 2 is 2.28 bits per heavy atom. The first-order valence-corrected chi connectivity index (χ1v) is 5.34. The molecule has 1 fully saturated rings. The van der Waals surface area contributed by atoms with E-state index in [0.29, 0.717) is 17.0 Å². The molecule has 92 valence electrons. The molecule has 3 rings (SSSR count). The number of rotatable bonds is 2. The molecule has 2 aromatic rings. The fourth-order valence-corrected chi connectivity index (χ4v) is 2.03. The number of aromatic amines is 1. The summed E-state index contributed by atoms with van der Waals surface area (Å²) < 4.78 is 0. The molecule has 0 bridgehead atoms. The van der Waals surface area contributed by atoms with Crippen LogP contribution in [0.2, 0.25) is 0 Å². The van der Waals surface area contributed by atoms with Gasteiger partial charge in [-0.2, -0.15) is 0 Å². The maximum absolute atomic E-state index is 11.8. The van der Waals surface area contributed by atoms with Crippen LogP contribution in [0.25, 0.3) is 11.2 Å². The number of imidazole rings is 1. The van der Waals surface area contributed by atoms with E-state index in [1.807, 2.05) is 0 Å². The largest absolute Gasteiger partial charge is 0.481 e. The van der Waals surface area contributed by atoms with Gasteiger partial charge in [0, 0.05) is 13.0 Å². The Kier molecular flexibility index (Phi) is 2.22. The summed E-state index contributed by atoms with van der Waals surface area (Å²) in [6.45, 7) is 0.124. The van der Waals surface area contributed by atoms with E-state index in [4.69, 9.17) is 5.11 Å². The molecule has 1 atom stereocenters. The molecule has 1 unspecified atom stereocenters. The minimum absolute atomic E-state index is 0.00499. The van der Waals surface area contributed by atoms with Gasteiger partial charge in [-0.05, 0) is 0 Å². The van der Waals surface area contributed by atoms with E-state index in [1.54, 1.807) is 0 Å². The Hall–Kier alpha value is -2.51. The number of hydrogen-bond acceptors (Lipinski definition) is 5. The highest BCUT2D eigenvalue weighted by molar-refractivity contribution is 6.02. The third kappa shape index (κ3) is 1.50. The summed E-state index contributed by atoms with van der Waals surface area (Å²) in [5, 5.41) is 8.94. The Morgan fingerprint density at radius 1 is 1.44 bits per heavy atom. The quantitative estimate of drug-likeness (QED) is 0.759. The van der Waals surface area contributed by atoms with E-state index in [0.717, 1.165) is 0 Å². The van der Waals surface area contributed by atoms with E-state index >= 15 is 0 Å². The summed E-state index contributed by atoms with van der Waals surface area (Å²) in [7, 11) is 0.